The van der Waals surface area contributed by atoms with Gasteiger partial charge < -0.3 is 20.1 Å². The van der Waals surface area contributed by atoms with E-state index in [0.717, 1.165) is 28.3 Å². The van der Waals surface area contributed by atoms with E-state index in [-0.39, 0.29) is 30.2 Å². The van der Waals surface area contributed by atoms with Crippen molar-refractivity contribution in [3.63, 3.8) is 0 Å². The maximum atomic E-state index is 13.3. The molecular weight excluding hydrogens is 509 g/mol. The van der Waals surface area contributed by atoms with E-state index in [9.17, 15) is 9.18 Å². The fourth-order valence-electron chi connectivity index (χ4n) is 5.40. The van der Waals surface area contributed by atoms with Gasteiger partial charge in [0.15, 0.2) is 5.11 Å². The van der Waals surface area contributed by atoms with Gasteiger partial charge in [0, 0.05) is 41.9 Å². The molecule has 0 aliphatic carbocycles. The summed E-state index contributed by atoms with van der Waals surface area (Å²) in [4.78, 5) is 19.6. The summed E-state index contributed by atoms with van der Waals surface area (Å²) in [5, 5.41) is 6.91. The lowest BCUT2D eigenvalue weighted by molar-refractivity contribution is -0.116. The molecule has 0 saturated carbocycles. The first-order valence-electron chi connectivity index (χ1n) is 13.0. The number of anilines is 1. The van der Waals surface area contributed by atoms with Crippen molar-refractivity contribution in [3.05, 3.63) is 113 Å². The summed E-state index contributed by atoms with van der Waals surface area (Å²) in [6.45, 7) is 8.96. The van der Waals surface area contributed by atoms with Crippen LogP contribution in [0.2, 0.25) is 0 Å². The van der Waals surface area contributed by atoms with Gasteiger partial charge in [-0.25, -0.2) is 4.39 Å². The van der Waals surface area contributed by atoms with Gasteiger partial charge >= 0.3 is 0 Å². The Morgan fingerprint density at radius 2 is 1.82 bits per heavy atom. The van der Waals surface area contributed by atoms with Gasteiger partial charge in [-0.1, -0.05) is 18.2 Å². The van der Waals surface area contributed by atoms with Crippen LogP contribution in [0.25, 0.3) is 5.69 Å². The van der Waals surface area contributed by atoms with Crippen LogP contribution < -0.4 is 10.6 Å². The summed E-state index contributed by atoms with van der Waals surface area (Å²) in [6.07, 6.45) is 2.01. The largest absolute Gasteiger partial charge is 0.352 e. The van der Waals surface area contributed by atoms with Crippen LogP contribution in [0.3, 0.4) is 0 Å². The lowest BCUT2D eigenvalue weighted by Gasteiger charge is -2.28. The Hall–Kier alpha value is -4.04. The standard InChI is InChI=1S/C31H32FN5OS/c1-19-8-7-10-27(21(19)3)37-20(2)18-25(22(37)4)30-29(26-9-5-6-16-33-26)35-31(39)36(30)17-15-28(38)34-24-13-11-23(32)12-14-24/h5-14,16,18,29-30H,15,17H2,1-4H3,(H,34,38)(H,35,39)/t29-,30+/m1/s1. The van der Waals surface area contributed by atoms with Crippen molar-refractivity contribution in [2.45, 2.75) is 46.2 Å². The molecule has 1 aliphatic rings. The second-order valence-corrected chi connectivity index (χ2v) is 10.4. The van der Waals surface area contributed by atoms with Crippen molar-refractivity contribution in [2.24, 2.45) is 0 Å². The number of nitrogens with zero attached hydrogens (tertiary/aromatic N) is 3. The Balaban J connectivity index is 1.48. The number of hydrogen-bond donors (Lipinski definition) is 2. The van der Waals surface area contributed by atoms with Gasteiger partial charge in [-0.15, -0.1) is 0 Å². The normalized spacial score (nSPS) is 16.8. The van der Waals surface area contributed by atoms with E-state index in [2.05, 4.69) is 77.0 Å². The van der Waals surface area contributed by atoms with E-state index in [4.69, 9.17) is 12.2 Å². The summed E-state index contributed by atoms with van der Waals surface area (Å²) in [7, 11) is 0. The number of aryl methyl sites for hydroxylation is 2. The van der Waals surface area contributed by atoms with Crippen molar-refractivity contribution in [1.29, 1.82) is 0 Å². The SMILES string of the molecule is Cc1cccc(-n2c(C)cc([C@H]3[C@@H](c4ccccn4)NC(=S)N3CCC(=O)Nc3ccc(F)cc3)c2C)c1C. The minimum absolute atomic E-state index is 0.156. The molecular formula is C31H32FN5OS. The highest BCUT2D eigenvalue weighted by Gasteiger charge is 2.41. The zero-order valence-electron chi connectivity index (χ0n) is 22.5. The van der Waals surface area contributed by atoms with E-state index in [0.29, 0.717) is 17.3 Å². The van der Waals surface area contributed by atoms with Crippen LogP contribution in [0.15, 0.2) is 72.9 Å². The molecule has 6 nitrogen and oxygen atoms in total. The van der Waals surface area contributed by atoms with Crippen molar-refractivity contribution in [2.75, 3.05) is 11.9 Å². The Kier molecular flexibility index (Phi) is 7.48. The second kappa shape index (κ2) is 11.0. The molecule has 2 N–H and O–H groups in total. The molecule has 200 valence electrons. The van der Waals surface area contributed by atoms with Crippen LogP contribution in [-0.2, 0) is 4.79 Å². The third kappa shape index (κ3) is 5.29. The van der Waals surface area contributed by atoms with Crippen molar-refractivity contribution >= 4 is 28.9 Å². The predicted octanol–water partition coefficient (Wildman–Crippen LogP) is 6.25. The Labute approximate surface area is 233 Å². The highest BCUT2D eigenvalue weighted by molar-refractivity contribution is 7.80. The van der Waals surface area contributed by atoms with E-state index in [1.807, 2.05) is 18.2 Å². The van der Waals surface area contributed by atoms with Gasteiger partial charge in [0.25, 0.3) is 0 Å². The topological polar surface area (TPSA) is 62.2 Å². The van der Waals surface area contributed by atoms with Crippen molar-refractivity contribution < 1.29 is 9.18 Å². The maximum absolute atomic E-state index is 13.3. The van der Waals surface area contributed by atoms with Gasteiger partial charge in [0.05, 0.1) is 17.8 Å². The molecule has 5 rings (SSSR count). The van der Waals surface area contributed by atoms with Crippen molar-refractivity contribution in [1.82, 2.24) is 19.8 Å². The molecule has 4 aromatic rings. The number of pyridine rings is 1. The summed E-state index contributed by atoms with van der Waals surface area (Å²) in [5.41, 5.74) is 8.47. The molecule has 1 fully saturated rings. The molecule has 2 aromatic heterocycles. The van der Waals surface area contributed by atoms with E-state index in [1.165, 1.54) is 23.3 Å². The second-order valence-electron chi connectivity index (χ2n) is 10.0. The van der Waals surface area contributed by atoms with Crippen LogP contribution in [0, 0.1) is 33.5 Å². The average molecular weight is 542 g/mol. The van der Waals surface area contributed by atoms with Crippen LogP contribution >= 0.6 is 12.2 Å². The number of halogens is 1. The van der Waals surface area contributed by atoms with Gasteiger partial charge in [-0.2, -0.15) is 0 Å². The maximum Gasteiger partial charge on any atom is 0.226 e. The first-order chi connectivity index (χ1) is 18.7. The fourth-order valence-corrected chi connectivity index (χ4v) is 5.73. The zero-order valence-corrected chi connectivity index (χ0v) is 23.3. The third-order valence-electron chi connectivity index (χ3n) is 7.51. The summed E-state index contributed by atoms with van der Waals surface area (Å²) >= 11 is 5.81. The molecule has 1 aliphatic heterocycles. The lowest BCUT2D eigenvalue weighted by atomic mass is 9.96. The number of thiocarbonyl (C=S) groups is 1. The number of nitrogens with one attached hydrogen (secondary N) is 2. The summed E-state index contributed by atoms with van der Waals surface area (Å²) in [6, 6.07) is 19.9. The number of aromatic nitrogens is 2. The molecule has 3 heterocycles. The molecule has 2 aromatic carbocycles. The van der Waals surface area contributed by atoms with E-state index < -0.39 is 0 Å². The summed E-state index contributed by atoms with van der Waals surface area (Å²) < 4.78 is 15.6. The molecule has 2 atom stereocenters. The molecule has 1 saturated heterocycles. The first-order valence-corrected chi connectivity index (χ1v) is 13.4. The lowest BCUT2D eigenvalue weighted by Crippen LogP contribution is -2.32. The highest BCUT2D eigenvalue weighted by atomic mass is 32.1. The molecule has 0 spiro atoms. The summed E-state index contributed by atoms with van der Waals surface area (Å²) in [5.74, 6) is -0.506. The van der Waals surface area contributed by atoms with Gasteiger partial charge in [0.1, 0.15) is 5.82 Å². The van der Waals surface area contributed by atoms with Crippen molar-refractivity contribution in [3.8, 4) is 5.69 Å². The van der Waals surface area contributed by atoms with Crippen LogP contribution in [0.4, 0.5) is 10.1 Å². The minimum atomic E-state index is -0.344. The molecule has 0 radical (unpaired) electrons. The van der Waals surface area contributed by atoms with Crippen LogP contribution in [-0.4, -0.2) is 32.0 Å². The monoisotopic (exact) mass is 541 g/mol. The first kappa shape index (κ1) is 26.6. The predicted molar refractivity (Wildman–Crippen MR) is 157 cm³/mol. The minimum Gasteiger partial charge on any atom is -0.352 e. The number of carbonyl (C=O) groups excluding carboxylic acids is 1. The number of benzene rings is 2. The average Bonchev–Trinajstić information content (AvgIpc) is 3.40. The smallest absolute Gasteiger partial charge is 0.226 e. The number of rotatable bonds is 7. The molecule has 8 heteroatoms. The Bertz CT molecular complexity index is 1520. The van der Waals surface area contributed by atoms with E-state index >= 15 is 0 Å². The quantitative estimate of drug-likeness (QED) is 0.271. The third-order valence-corrected chi connectivity index (χ3v) is 7.86. The van der Waals surface area contributed by atoms with Gasteiger partial charge in [0.2, 0.25) is 5.91 Å². The number of carbonyl (C=O) groups is 1. The number of amides is 1. The van der Waals surface area contributed by atoms with Crippen LogP contribution in [0.5, 0.6) is 0 Å². The molecule has 39 heavy (non-hydrogen) atoms. The molecule has 1 amide bonds. The Morgan fingerprint density at radius 1 is 1.05 bits per heavy atom. The number of hydrogen-bond acceptors (Lipinski definition) is 3. The zero-order chi connectivity index (χ0) is 27.7. The van der Waals surface area contributed by atoms with E-state index in [1.54, 1.807) is 18.3 Å². The van der Waals surface area contributed by atoms with Crippen LogP contribution in [0.1, 0.15) is 52.3 Å². The Morgan fingerprint density at radius 3 is 2.54 bits per heavy atom. The van der Waals surface area contributed by atoms with Gasteiger partial charge in [-0.05, 0) is 105 Å². The fraction of sp³-hybridized carbons (Fsp3) is 0.258. The molecule has 0 unspecified atom stereocenters. The molecule has 0 bridgehead atoms. The van der Waals surface area contributed by atoms with Gasteiger partial charge in [-0.3, -0.25) is 9.78 Å². The highest BCUT2D eigenvalue weighted by Crippen LogP contribution is 2.41.